The Kier molecular flexibility index (Phi) is 4.15. The first-order valence-electron chi connectivity index (χ1n) is 7.43. The molecule has 0 unspecified atom stereocenters. The van der Waals surface area contributed by atoms with Crippen molar-refractivity contribution in [2.45, 2.75) is 25.8 Å². The number of nitrogens with one attached hydrogen (secondary N) is 1. The van der Waals surface area contributed by atoms with Gasteiger partial charge in [0.25, 0.3) is 0 Å². The second-order valence-electron chi connectivity index (χ2n) is 5.47. The summed E-state index contributed by atoms with van der Waals surface area (Å²) in [6, 6.07) is 9.96. The lowest BCUT2D eigenvalue weighted by atomic mass is 10.1. The summed E-state index contributed by atoms with van der Waals surface area (Å²) >= 11 is 0. The van der Waals surface area contributed by atoms with Crippen LogP contribution < -0.4 is 10.2 Å². The van der Waals surface area contributed by atoms with Crippen molar-refractivity contribution in [1.82, 2.24) is 15.2 Å². The minimum absolute atomic E-state index is 0.249. The molecule has 1 atom stereocenters. The summed E-state index contributed by atoms with van der Waals surface area (Å²) < 4.78 is 0. The molecule has 1 aliphatic heterocycles. The molecule has 0 amide bonds. The molecule has 22 heavy (non-hydrogen) atoms. The Morgan fingerprint density at radius 1 is 1.32 bits per heavy atom. The normalized spacial score (nSPS) is 17.8. The first kappa shape index (κ1) is 14.3. The number of aryl methyl sites for hydroxylation is 1. The van der Waals surface area contributed by atoms with Crippen molar-refractivity contribution >= 4 is 11.6 Å². The van der Waals surface area contributed by atoms with Crippen LogP contribution in [0.4, 0.5) is 11.6 Å². The molecule has 2 aromatic rings. The second-order valence-corrected chi connectivity index (χ2v) is 5.47. The summed E-state index contributed by atoms with van der Waals surface area (Å²) in [7, 11) is 0. The van der Waals surface area contributed by atoms with Crippen molar-refractivity contribution in [3.63, 3.8) is 0 Å². The Balaban J connectivity index is 1.71. The van der Waals surface area contributed by atoms with Gasteiger partial charge >= 0.3 is 0 Å². The summed E-state index contributed by atoms with van der Waals surface area (Å²) in [5.41, 5.74) is 1.50. The van der Waals surface area contributed by atoms with E-state index in [1.807, 2.05) is 19.1 Å². The van der Waals surface area contributed by atoms with Gasteiger partial charge in [0.2, 0.25) is 0 Å². The lowest BCUT2D eigenvalue weighted by Crippen LogP contribution is -2.42. The number of hydrogen-bond donors (Lipinski definition) is 1. The van der Waals surface area contributed by atoms with Crippen LogP contribution in [0.3, 0.4) is 0 Å². The van der Waals surface area contributed by atoms with Crippen molar-refractivity contribution < 1.29 is 0 Å². The zero-order chi connectivity index (χ0) is 15.4. The molecule has 112 valence electrons. The number of hydrogen-bond acceptors (Lipinski definition) is 6. The maximum absolute atomic E-state index is 9.15. The Labute approximate surface area is 129 Å². The molecule has 3 rings (SSSR count). The summed E-state index contributed by atoms with van der Waals surface area (Å²) in [5, 5.41) is 20.9. The van der Waals surface area contributed by atoms with Gasteiger partial charge in [-0.15, -0.1) is 5.10 Å². The summed E-state index contributed by atoms with van der Waals surface area (Å²) in [6.45, 7) is 3.74. The van der Waals surface area contributed by atoms with Crippen LogP contribution in [0.1, 0.15) is 24.1 Å². The highest BCUT2D eigenvalue weighted by atomic mass is 15.3. The van der Waals surface area contributed by atoms with Gasteiger partial charge in [-0.25, -0.2) is 4.98 Å². The van der Waals surface area contributed by atoms with Crippen LogP contribution in [0.15, 0.2) is 30.5 Å². The average Bonchev–Trinajstić information content (AvgIpc) is 2.56. The highest BCUT2D eigenvalue weighted by Crippen LogP contribution is 2.20. The Bertz CT molecular complexity index is 676. The largest absolute Gasteiger partial charge is 0.364 e. The predicted octanol–water partition coefficient (Wildman–Crippen LogP) is 2.13. The first-order valence-corrected chi connectivity index (χ1v) is 7.43. The fraction of sp³-hybridized carbons (Fsp3) is 0.375. The summed E-state index contributed by atoms with van der Waals surface area (Å²) in [4.78, 5) is 6.50. The van der Waals surface area contributed by atoms with Crippen LogP contribution in [0, 0.1) is 18.3 Å². The third-order valence-corrected chi connectivity index (χ3v) is 3.80. The van der Waals surface area contributed by atoms with Gasteiger partial charge in [0.1, 0.15) is 11.9 Å². The van der Waals surface area contributed by atoms with Crippen LogP contribution in [-0.2, 0) is 0 Å². The molecule has 6 heteroatoms. The van der Waals surface area contributed by atoms with E-state index in [2.05, 4.69) is 31.5 Å². The molecule has 1 aliphatic rings. The van der Waals surface area contributed by atoms with Crippen molar-refractivity contribution in [1.29, 1.82) is 5.26 Å². The van der Waals surface area contributed by atoms with Gasteiger partial charge in [0.05, 0.1) is 11.3 Å². The van der Waals surface area contributed by atoms with E-state index < -0.39 is 0 Å². The van der Waals surface area contributed by atoms with Gasteiger partial charge < -0.3 is 10.2 Å². The quantitative estimate of drug-likeness (QED) is 0.934. The lowest BCUT2D eigenvalue weighted by molar-refractivity contribution is 0.524. The fourth-order valence-electron chi connectivity index (χ4n) is 2.67. The molecule has 3 heterocycles. The number of aromatic nitrogens is 3. The van der Waals surface area contributed by atoms with Crippen LogP contribution >= 0.6 is 0 Å². The first-order chi connectivity index (χ1) is 10.8. The molecule has 0 saturated carbocycles. The molecule has 6 nitrogen and oxygen atoms in total. The number of nitriles is 1. The van der Waals surface area contributed by atoms with E-state index in [1.165, 1.54) is 0 Å². The van der Waals surface area contributed by atoms with E-state index in [0.717, 1.165) is 37.4 Å². The SMILES string of the molecule is Cc1ccc(N2CCC[C@@H](Nc3ncccc3C#N)C2)nn1. The minimum Gasteiger partial charge on any atom is -0.364 e. The Morgan fingerprint density at radius 3 is 3.00 bits per heavy atom. The van der Waals surface area contributed by atoms with E-state index in [0.29, 0.717) is 11.4 Å². The van der Waals surface area contributed by atoms with Crippen LogP contribution in [0.5, 0.6) is 0 Å². The number of nitrogens with zero attached hydrogens (tertiary/aromatic N) is 5. The van der Waals surface area contributed by atoms with Crippen LogP contribution in [-0.4, -0.2) is 34.3 Å². The van der Waals surface area contributed by atoms with Gasteiger partial charge in [-0.2, -0.15) is 10.4 Å². The maximum Gasteiger partial charge on any atom is 0.151 e. The van der Waals surface area contributed by atoms with Gasteiger partial charge in [-0.1, -0.05) is 0 Å². The highest BCUT2D eigenvalue weighted by molar-refractivity contribution is 5.52. The molecule has 1 fully saturated rings. The van der Waals surface area contributed by atoms with Crippen LogP contribution in [0.25, 0.3) is 0 Å². The lowest BCUT2D eigenvalue weighted by Gasteiger charge is -2.34. The van der Waals surface area contributed by atoms with Gasteiger partial charge in [0.15, 0.2) is 5.82 Å². The molecule has 1 N–H and O–H groups in total. The molecule has 1 saturated heterocycles. The molecule has 2 aromatic heterocycles. The number of anilines is 2. The van der Waals surface area contributed by atoms with Crippen molar-refractivity contribution in [3.8, 4) is 6.07 Å². The van der Waals surface area contributed by atoms with E-state index in [-0.39, 0.29) is 6.04 Å². The maximum atomic E-state index is 9.15. The van der Waals surface area contributed by atoms with Crippen molar-refractivity contribution in [2.75, 3.05) is 23.3 Å². The van der Waals surface area contributed by atoms with Gasteiger partial charge in [-0.05, 0) is 44.0 Å². The minimum atomic E-state index is 0.249. The van der Waals surface area contributed by atoms with Crippen molar-refractivity contribution in [2.24, 2.45) is 0 Å². The molecule has 0 aliphatic carbocycles. The summed E-state index contributed by atoms with van der Waals surface area (Å²) in [6.07, 6.45) is 3.83. The van der Waals surface area contributed by atoms with E-state index in [9.17, 15) is 0 Å². The molecular weight excluding hydrogens is 276 g/mol. The summed E-state index contributed by atoms with van der Waals surface area (Å²) in [5.74, 6) is 1.56. The molecule has 0 radical (unpaired) electrons. The third-order valence-electron chi connectivity index (χ3n) is 3.80. The number of pyridine rings is 1. The van der Waals surface area contributed by atoms with E-state index in [1.54, 1.807) is 18.3 Å². The zero-order valence-corrected chi connectivity index (χ0v) is 12.5. The third kappa shape index (κ3) is 3.14. The predicted molar refractivity (Wildman–Crippen MR) is 84.6 cm³/mol. The molecule has 0 spiro atoms. The average molecular weight is 294 g/mol. The standard InChI is InChI=1S/C16H18N6/c1-12-6-7-15(21-20-12)22-9-3-5-14(11-22)19-16-13(10-17)4-2-8-18-16/h2,4,6-8,14H,3,5,9,11H2,1H3,(H,18,19)/t14-/m1/s1. The second kappa shape index (κ2) is 6.39. The van der Waals surface area contributed by atoms with Crippen LogP contribution in [0.2, 0.25) is 0 Å². The molecule has 0 bridgehead atoms. The van der Waals surface area contributed by atoms with Gasteiger partial charge in [-0.3, -0.25) is 0 Å². The zero-order valence-electron chi connectivity index (χ0n) is 12.5. The number of rotatable bonds is 3. The molecule has 0 aromatic carbocycles. The topological polar surface area (TPSA) is 77.7 Å². The Morgan fingerprint density at radius 2 is 2.23 bits per heavy atom. The smallest absolute Gasteiger partial charge is 0.151 e. The van der Waals surface area contributed by atoms with Gasteiger partial charge in [0, 0.05) is 25.3 Å². The van der Waals surface area contributed by atoms with Crippen molar-refractivity contribution in [3.05, 3.63) is 41.7 Å². The fourth-order valence-corrected chi connectivity index (χ4v) is 2.67. The molecular formula is C16H18N6. The van der Waals surface area contributed by atoms with E-state index in [4.69, 9.17) is 5.26 Å². The van der Waals surface area contributed by atoms with E-state index >= 15 is 0 Å². The Hall–Kier alpha value is -2.68. The number of piperidine rings is 1. The highest BCUT2D eigenvalue weighted by Gasteiger charge is 2.22. The monoisotopic (exact) mass is 294 g/mol.